The van der Waals surface area contributed by atoms with Gasteiger partial charge in [-0.05, 0) is 18.6 Å². The summed E-state index contributed by atoms with van der Waals surface area (Å²) in [6, 6.07) is 14.3. The Balaban J connectivity index is 2.05. The minimum absolute atomic E-state index is 0.626. The predicted molar refractivity (Wildman–Crippen MR) is 82.2 cm³/mol. The summed E-state index contributed by atoms with van der Waals surface area (Å²) in [5, 5.41) is 9.46. The number of nitriles is 1. The van der Waals surface area contributed by atoms with Gasteiger partial charge in [0.1, 0.15) is 11.9 Å². The smallest absolute Gasteiger partial charge is 0.147 e. The molecule has 4 heteroatoms. The topological polar surface area (TPSA) is 49.2 Å². The molecular formula is C17H17N3O. The fraction of sp³-hybridized carbons (Fsp3) is 0.294. The van der Waals surface area contributed by atoms with E-state index >= 15 is 0 Å². The number of rotatable bonds is 2. The average Bonchev–Trinajstić information content (AvgIpc) is 2.56. The molecule has 3 rings (SSSR count). The minimum Gasteiger partial charge on any atom is -0.378 e. The molecule has 1 saturated heterocycles. The van der Waals surface area contributed by atoms with E-state index in [1.165, 1.54) is 0 Å². The van der Waals surface area contributed by atoms with Crippen molar-refractivity contribution in [3.05, 3.63) is 47.7 Å². The van der Waals surface area contributed by atoms with Crippen LogP contribution in [0.25, 0.3) is 11.1 Å². The normalized spacial score (nSPS) is 14.8. The van der Waals surface area contributed by atoms with Crippen LogP contribution in [0, 0.1) is 18.3 Å². The maximum atomic E-state index is 9.46. The zero-order valence-electron chi connectivity index (χ0n) is 12.0. The molecule has 1 aromatic carbocycles. The van der Waals surface area contributed by atoms with Crippen molar-refractivity contribution in [2.24, 2.45) is 0 Å². The van der Waals surface area contributed by atoms with Gasteiger partial charge in [-0.25, -0.2) is 4.98 Å². The molecule has 4 nitrogen and oxygen atoms in total. The zero-order valence-corrected chi connectivity index (χ0v) is 12.0. The molecule has 1 fully saturated rings. The molecule has 1 aliphatic heterocycles. The van der Waals surface area contributed by atoms with Gasteiger partial charge < -0.3 is 9.64 Å². The summed E-state index contributed by atoms with van der Waals surface area (Å²) in [6.45, 7) is 4.93. The highest BCUT2D eigenvalue weighted by Gasteiger charge is 2.18. The Hall–Kier alpha value is -2.38. The van der Waals surface area contributed by atoms with E-state index in [-0.39, 0.29) is 0 Å². The summed E-state index contributed by atoms with van der Waals surface area (Å²) >= 11 is 0. The second-order valence-corrected chi connectivity index (χ2v) is 5.07. The van der Waals surface area contributed by atoms with Crippen molar-refractivity contribution in [3.63, 3.8) is 0 Å². The van der Waals surface area contributed by atoms with Gasteiger partial charge in [0.15, 0.2) is 0 Å². The molecule has 0 aliphatic carbocycles. The van der Waals surface area contributed by atoms with E-state index in [4.69, 9.17) is 9.72 Å². The van der Waals surface area contributed by atoms with Crippen LogP contribution >= 0.6 is 0 Å². The molecule has 21 heavy (non-hydrogen) atoms. The highest BCUT2D eigenvalue weighted by atomic mass is 16.5. The molecule has 1 aromatic heterocycles. The van der Waals surface area contributed by atoms with E-state index in [1.807, 2.05) is 43.3 Å². The van der Waals surface area contributed by atoms with Gasteiger partial charge in [-0.1, -0.05) is 30.3 Å². The molecule has 0 atom stereocenters. The highest BCUT2D eigenvalue weighted by Crippen LogP contribution is 2.28. The van der Waals surface area contributed by atoms with Crippen molar-refractivity contribution in [3.8, 4) is 17.2 Å². The first-order chi connectivity index (χ1) is 10.3. The van der Waals surface area contributed by atoms with Crippen molar-refractivity contribution in [2.45, 2.75) is 6.92 Å². The number of hydrogen-bond acceptors (Lipinski definition) is 4. The maximum absolute atomic E-state index is 9.46. The zero-order chi connectivity index (χ0) is 14.7. The number of hydrogen-bond donors (Lipinski definition) is 0. The number of pyridine rings is 1. The summed E-state index contributed by atoms with van der Waals surface area (Å²) in [4.78, 5) is 6.82. The molecular weight excluding hydrogens is 262 g/mol. The number of nitrogens with zero attached hydrogens (tertiary/aromatic N) is 3. The Morgan fingerprint density at radius 3 is 2.57 bits per heavy atom. The van der Waals surface area contributed by atoms with Gasteiger partial charge in [0.25, 0.3) is 0 Å². The number of aromatic nitrogens is 1. The van der Waals surface area contributed by atoms with Crippen molar-refractivity contribution >= 4 is 5.82 Å². The van der Waals surface area contributed by atoms with Crippen LogP contribution in [-0.2, 0) is 4.74 Å². The quantitative estimate of drug-likeness (QED) is 0.848. The molecule has 106 valence electrons. The van der Waals surface area contributed by atoms with E-state index in [1.54, 1.807) is 0 Å². The second kappa shape index (κ2) is 5.94. The van der Waals surface area contributed by atoms with Gasteiger partial charge in [-0.15, -0.1) is 0 Å². The summed E-state index contributed by atoms with van der Waals surface area (Å²) in [6.07, 6.45) is 0. The molecule has 0 N–H and O–H groups in total. The van der Waals surface area contributed by atoms with Crippen molar-refractivity contribution < 1.29 is 4.74 Å². The van der Waals surface area contributed by atoms with Crippen molar-refractivity contribution in [2.75, 3.05) is 31.2 Å². The summed E-state index contributed by atoms with van der Waals surface area (Å²) in [5.41, 5.74) is 3.68. The van der Waals surface area contributed by atoms with Crippen molar-refractivity contribution in [1.82, 2.24) is 4.98 Å². The Labute approximate surface area is 124 Å². The molecule has 0 spiro atoms. The minimum atomic E-state index is 0.626. The van der Waals surface area contributed by atoms with Crippen LogP contribution in [0.3, 0.4) is 0 Å². The SMILES string of the molecule is Cc1nc(N2CCOCC2)c(C#N)cc1-c1ccccc1. The lowest BCUT2D eigenvalue weighted by atomic mass is 10.0. The van der Waals surface area contributed by atoms with E-state index in [0.29, 0.717) is 18.8 Å². The number of ether oxygens (including phenoxy) is 1. The maximum Gasteiger partial charge on any atom is 0.147 e. The lowest BCUT2D eigenvalue weighted by molar-refractivity contribution is 0.122. The average molecular weight is 279 g/mol. The van der Waals surface area contributed by atoms with Gasteiger partial charge in [0.05, 0.1) is 18.8 Å². The molecule has 0 radical (unpaired) electrons. The standard InChI is InChI=1S/C17H17N3O/c1-13-16(14-5-3-2-4-6-14)11-15(12-18)17(19-13)20-7-9-21-10-8-20/h2-6,11H,7-10H2,1H3. The number of aryl methyl sites for hydroxylation is 1. The Bertz CT molecular complexity index is 670. The summed E-state index contributed by atoms with van der Waals surface area (Å²) < 4.78 is 5.37. The number of morpholine rings is 1. The van der Waals surface area contributed by atoms with Gasteiger partial charge in [-0.3, -0.25) is 0 Å². The van der Waals surface area contributed by atoms with Crippen LogP contribution in [0.15, 0.2) is 36.4 Å². The molecule has 0 unspecified atom stereocenters. The Morgan fingerprint density at radius 1 is 1.19 bits per heavy atom. The highest BCUT2D eigenvalue weighted by molar-refractivity contribution is 5.71. The monoisotopic (exact) mass is 279 g/mol. The van der Waals surface area contributed by atoms with E-state index in [9.17, 15) is 5.26 Å². The van der Waals surface area contributed by atoms with Crippen LogP contribution < -0.4 is 4.90 Å². The fourth-order valence-corrected chi connectivity index (χ4v) is 2.60. The third-order valence-corrected chi connectivity index (χ3v) is 3.71. The third kappa shape index (κ3) is 2.74. The van der Waals surface area contributed by atoms with Crippen molar-refractivity contribution in [1.29, 1.82) is 5.26 Å². The Morgan fingerprint density at radius 2 is 1.90 bits per heavy atom. The van der Waals surface area contributed by atoms with Gasteiger partial charge >= 0.3 is 0 Å². The number of anilines is 1. The fourth-order valence-electron chi connectivity index (χ4n) is 2.60. The van der Waals surface area contributed by atoms with Gasteiger partial charge in [-0.2, -0.15) is 5.26 Å². The molecule has 0 saturated carbocycles. The summed E-state index contributed by atoms with van der Waals surface area (Å²) in [5.74, 6) is 0.776. The summed E-state index contributed by atoms with van der Waals surface area (Å²) in [7, 11) is 0. The first-order valence-corrected chi connectivity index (χ1v) is 7.09. The molecule has 0 amide bonds. The predicted octanol–water partition coefficient (Wildman–Crippen LogP) is 2.77. The van der Waals surface area contributed by atoms with E-state index < -0.39 is 0 Å². The van der Waals surface area contributed by atoms with Crippen LogP contribution in [0.2, 0.25) is 0 Å². The molecule has 2 aromatic rings. The van der Waals surface area contributed by atoms with E-state index in [0.717, 1.165) is 35.7 Å². The van der Waals surface area contributed by atoms with Crippen LogP contribution in [0.4, 0.5) is 5.82 Å². The van der Waals surface area contributed by atoms with Crippen LogP contribution in [-0.4, -0.2) is 31.3 Å². The lowest BCUT2D eigenvalue weighted by Crippen LogP contribution is -2.37. The third-order valence-electron chi connectivity index (χ3n) is 3.71. The second-order valence-electron chi connectivity index (χ2n) is 5.07. The lowest BCUT2D eigenvalue weighted by Gasteiger charge is -2.29. The Kier molecular flexibility index (Phi) is 3.85. The largest absolute Gasteiger partial charge is 0.378 e. The van der Waals surface area contributed by atoms with Gasteiger partial charge in [0.2, 0.25) is 0 Å². The van der Waals surface area contributed by atoms with Crippen LogP contribution in [0.1, 0.15) is 11.3 Å². The van der Waals surface area contributed by atoms with Crippen LogP contribution in [0.5, 0.6) is 0 Å². The van der Waals surface area contributed by atoms with Gasteiger partial charge in [0, 0.05) is 24.3 Å². The molecule has 2 heterocycles. The molecule has 1 aliphatic rings. The first-order valence-electron chi connectivity index (χ1n) is 7.09. The van der Waals surface area contributed by atoms with E-state index in [2.05, 4.69) is 11.0 Å². The molecule has 0 bridgehead atoms. The first kappa shape index (κ1) is 13.6. The number of benzene rings is 1.